The molecule has 0 aliphatic heterocycles. The molecule has 0 amide bonds. The zero-order valence-corrected chi connectivity index (χ0v) is 15.4. The quantitative estimate of drug-likeness (QED) is 0.722. The lowest BCUT2D eigenvalue weighted by molar-refractivity contribution is 0.477. The van der Waals surface area contributed by atoms with Crippen molar-refractivity contribution < 1.29 is 17.2 Å². The topological polar surface area (TPSA) is 81.1 Å². The number of hydrogen-bond donors (Lipinski definition) is 1. The van der Waals surface area contributed by atoms with Gasteiger partial charge in [0.2, 0.25) is 10.0 Å². The van der Waals surface area contributed by atoms with Gasteiger partial charge in [-0.2, -0.15) is 5.10 Å². The molecule has 1 atom stereocenters. The van der Waals surface area contributed by atoms with Crippen LogP contribution < -0.4 is 10.3 Å². The summed E-state index contributed by atoms with van der Waals surface area (Å²) in [6.07, 6.45) is 1.51. The van der Waals surface area contributed by atoms with Gasteiger partial charge in [0.05, 0.1) is 18.1 Å². The van der Waals surface area contributed by atoms with E-state index in [9.17, 15) is 22.0 Å². The molecule has 3 rings (SSSR count). The highest BCUT2D eigenvalue weighted by Crippen LogP contribution is 2.19. The number of fused-ring (bicyclic) bond motifs is 1. The molecule has 1 unspecified atom stereocenters. The molecule has 0 aliphatic rings. The largest absolute Gasteiger partial charge is 0.274 e. The fourth-order valence-corrected chi connectivity index (χ4v) is 4.10. The molecule has 142 valence electrons. The maximum atomic E-state index is 13.9. The Morgan fingerprint density at radius 3 is 2.63 bits per heavy atom. The summed E-state index contributed by atoms with van der Waals surface area (Å²) in [7, 11) is -4.24. The summed E-state index contributed by atoms with van der Waals surface area (Å²) in [6.45, 7) is 2.82. The zero-order valence-electron chi connectivity index (χ0n) is 14.6. The van der Waals surface area contributed by atoms with Crippen LogP contribution in [-0.4, -0.2) is 24.2 Å². The van der Waals surface area contributed by atoms with Gasteiger partial charge in [0.15, 0.2) is 0 Å². The molecule has 0 radical (unpaired) electrons. The fourth-order valence-electron chi connectivity index (χ4n) is 2.72. The minimum atomic E-state index is -4.24. The molecule has 0 saturated carbocycles. The highest BCUT2D eigenvalue weighted by atomic mass is 32.2. The van der Waals surface area contributed by atoms with Gasteiger partial charge in [-0.3, -0.25) is 4.79 Å². The number of aromatic nitrogens is 2. The standard InChI is InChI=1S/C18H17F2N3O3S/c1-11-7-17(16(20)8-15(11)19)27(25,26)22-12(2)10-23-18(24)14-6-4-3-5-13(14)9-21-23/h3-9,12,22H,10H2,1-2H3. The molecule has 0 bridgehead atoms. The maximum Gasteiger partial charge on any atom is 0.274 e. The lowest BCUT2D eigenvalue weighted by Gasteiger charge is -2.16. The number of rotatable bonds is 5. The first-order valence-electron chi connectivity index (χ1n) is 8.12. The van der Waals surface area contributed by atoms with Crippen LogP contribution in [0.25, 0.3) is 10.8 Å². The Bertz CT molecular complexity index is 1180. The van der Waals surface area contributed by atoms with Gasteiger partial charge in [0, 0.05) is 17.5 Å². The predicted octanol–water partition coefficient (Wildman–Crippen LogP) is 2.35. The fraction of sp³-hybridized carbons (Fsp3) is 0.222. The Morgan fingerprint density at radius 1 is 1.19 bits per heavy atom. The molecule has 2 aromatic carbocycles. The lowest BCUT2D eigenvalue weighted by Crippen LogP contribution is -2.39. The minimum absolute atomic E-state index is 0.0110. The number of nitrogens with one attached hydrogen (secondary N) is 1. The number of aryl methyl sites for hydroxylation is 1. The molecule has 1 aromatic heterocycles. The average molecular weight is 393 g/mol. The summed E-state index contributed by atoms with van der Waals surface area (Å²) in [5, 5.41) is 5.18. The SMILES string of the molecule is Cc1cc(S(=O)(=O)NC(C)Cn2ncc3ccccc3c2=O)c(F)cc1F. The first-order chi connectivity index (χ1) is 12.7. The van der Waals surface area contributed by atoms with Gasteiger partial charge >= 0.3 is 0 Å². The molecule has 9 heteroatoms. The van der Waals surface area contributed by atoms with Crippen molar-refractivity contribution in [3.63, 3.8) is 0 Å². The molecule has 0 aliphatic carbocycles. The summed E-state index contributed by atoms with van der Waals surface area (Å²) in [6, 6.07) is 7.61. The number of benzene rings is 2. The first kappa shape index (κ1) is 19.1. The first-order valence-corrected chi connectivity index (χ1v) is 9.60. The van der Waals surface area contributed by atoms with Crippen LogP contribution in [0, 0.1) is 18.6 Å². The number of hydrogen-bond acceptors (Lipinski definition) is 4. The Labute approximate surface area is 154 Å². The molecular weight excluding hydrogens is 376 g/mol. The lowest BCUT2D eigenvalue weighted by atomic mass is 10.2. The molecule has 1 heterocycles. The van der Waals surface area contributed by atoms with Gasteiger partial charge < -0.3 is 0 Å². The summed E-state index contributed by atoms with van der Waals surface area (Å²) in [5.41, 5.74) is -0.347. The normalized spacial score (nSPS) is 13.0. The highest BCUT2D eigenvalue weighted by molar-refractivity contribution is 7.89. The van der Waals surface area contributed by atoms with Gasteiger partial charge in [-0.05, 0) is 31.5 Å². The van der Waals surface area contributed by atoms with Crippen molar-refractivity contribution >= 4 is 20.8 Å². The third-order valence-corrected chi connectivity index (χ3v) is 5.67. The van der Waals surface area contributed by atoms with Crippen molar-refractivity contribution in [2.75, 3.05) is 0 Å². The second-order valence-corrected chi connectivity index (χ2v) is 7.96. The van der Waals surface area contributed by atoms with Crippen molar-refractivity contribution in [3.05, 3.63) is 70.1 Å². The van der Waals surface area contributed by atoms with Crippen LogP contribution in [0.2, 0.25) is 0 Å². The van der Waals surface area contributed by atoms with E-state index in [1.54, 1.807) is 24.3 Å². The zero-order chi connectivity index (χ0) is 19.8. The Balaban J connectivity index is 1.85. The van der Waals surface area contributed by atoms with E-state index >= 15 is 0 Å². The summed E-state index contributed by atoms with van der Waals surface area (Å²) >= 11 is 0. The summed E-state index contributed by atoms with van der Waals surface area (Å²) < 4.78 is 55.6. The second kappa shape index (κ2) is 7.16. The number of sulfonamides is 1. The van der Waals surface area contributed by atoms with Crippen LogP contribution in [-0.2, 0) is 16.6 Å². The van der Waals surface area contributed by atoms with E-state index in [0.717, 1.165) is 10.7 Å². The molecule has 27 heavy (non-hydrogen) atoms. The number of nitrogens with zero attached hydrogens (tertiary/aromatic N) is 2. The van der Waals surface area contributed by atoms with Crippen molar-refractivity contribution in [1.82, 2.24) is 14.5 Å². The van der Waals surface area contributed by atoms with Crippen molar-refractivity contribution in [1.29, 1.82) is 0 Å². The summed E-state index contributed by atoms with van der Waals surface area (Å²) in [4.78, 5) is 11.8. The van der Waals surface area contributed by atoms with E-state index < -0.39 is 32.6 Å². The molecule has 6 nitrogen and oxygen atoms in total. The van der Waals surface area contributed by atoms with E-state index in [1.807, 2.05) is 0 Å². The summed E-state index contributed by atoms with van der Waals surface area (Å²) in [5.74, 6) is -2.01. The smallest absolute Gasteiger partial charge is 0.267 e. The predicted molar refractivity (Wildman–Crippen MR) is 96.9 cm³/mol. The van der Waals surface area contributed by atoms with Gasteiger partial charge in [0.25, 0.3) is 5.56 Å². The van der Waals surface area contributed by atoms with Crippen LogP contribution >= 0.6 is 0 Å². The highest BCUT2D eigenvalue weighted by Gasteiger charge is 2.23. The van der Waals surface area contributed by atoms with Crippen LogP contribution in [0.15, 0.2) is 52.3 Å². The third kappa shape index (κ3) is 3.88. The van der Waals surface area contributed by atoms with Crippen molar-refractivity contribution in [2.24, 2.45) is 0 Å². The van der Waals surface area contributed by atoms with Crippen LogP contribution in [0.4, 0.5) is 8.78 Å². The van der Waals surface area contributed by atoms with E-state index in [1.165, 1.54) is 20.0 Å². The van der Waals surface area contributed by atoms with Gasteiger partial charge in [0.1, 0.15) is 16.5 Å². The van der Waals surface area contributed by atoms with Crippen LogP contribution in [0.5, 0.6) is 0 Å². The monoisotopic (exact) mass is 393 g/mol. The molecule has 0 fully saturated rings. The number of halogens is 2. The van der Waals surface area contributed by atoms with Gasteiger partial charge in [-0.25, -0.2) is 26.6 Å². The van der Waals surface area contributed by atoms with E-state index in [-0.39, 0.29) is 17.7 Å². The molecule has 1 N–H and O–H groups in total. The minimum Gasteiger partial charge on any atom is -0.267 e. The van der Waals surface area contributed by atoms with Gasteiger partial charge in [-0.15, -0.1) is 0 Å². The maximum absolute atomic E-state index is 13.9. The van der Waals surface area contributed by atoms with Crippen LogP contribution in [0.3, 0.4) is 0 Å². The van der Waals surface area contributed by atoms with Crippen LogP contribution in [0.1, 0.15) is 12.5 Å². The Morgan fingerprint density at radius 2 is 1.89 bits per heavy atom. The Hall–Kier alpha value is -2.65. The molecule has 3 aromatic rings. The van der Waals surface area contributed by atoms with Crippen molar-refractivity contribution in [2.45, 2.75) is 31.3 Å². The van der Waals surface area contributed by atoms with Crippen molar-refractivity contribution in [3.8, 4) is 0 Å². The molecule has 0 spiro atoms. The van der Waals surface area contributed by atoms with E-state index in [0.29, 0.717) is 16.8 Å². The van der Waals surface area contributed by atoms with Gasteiger partial charge in [-0.1, -0.05) is 18.2 Å². The molecule has 0 saturated heterocycles. The van der Waals surface area contributed by atoms with E-state index in [2.05, 4.69) is 9.82 Å². The molecular formula is C18H17F2N3O3S. The second-order valence-electron chi connectivity index (χ2n) is 6.27. The Kier molecular flexibility index (Phi) is 5.07. The van der Waals surface area contributed by atoms with E-state index in [4.69, 9.17) is 0 Å². The average Bonchev–Trinajstić information content (AvgIpc) is 2.60. The third-order valence-electron chi connectivity index (χ3n) is 4.07.